The minimum Gasteiger partial charge on any atom is -0.490 e. The Hall–Kier alpha value is -3.42. The number of esters is 1. The molecule has 0 saturated heterocycles. The highest BCUT2D eigenvalue weighted by atomic mass is 16.6. The van der Waals surface area contributed by atoms with E-state index in [0.717, 1.165) is 25.3 Å². The summed E-state index contributed by atoms with van der Waals surface area (Å²) < 4.78 is 9.90. The number of ether oxygens (including phenoxy) is 2. The van der Waals surface area contributed by atoms with Crippen LogP contribution in [-0.4, -0.2) is 37.1 Å². The monoisotopic (exact) mass is 398 g/mol. The molecule has 0 spiro atoms. The normalized spacial score (nSPS) is 14.4. The Morgan fingerprint density at radius 1 is 1.17 bits per heavy atom. The molecule has 1 saturated carbocycles. The van der Waals surface area contributed by atoms with Gasteiger partial charge in [0.05, 0.1) is 17.6 Å². The van der Waals surface area contributed by atoms with Gasteiger partial charge in [-0.3, -0.25) is 14.9 Å². The van der Waals surface area contributed by atoms with Crippen molar-refractivity contribution in [3.8, 4) is 5.75 Å². The summed E-state index contributed by atoms with van der Waals surface area (Å²) in [6, 6.07) is 13.8. The highest BCUT2D eigenvalue weighted by molar-refractivity contribution is 5.92. The molecule has 0 unspecified atom stereocenters. The van der Waals surface area contributed by atoms with Gasteiger partial charge in [-0.05, 0) is 30.5 Å². The van der Waals surface area contributed by atoms with Gasteiger partial charge in [-0.25, -0.2) is 4.79 Å². The van der Waals surface area contributed by atoms with E-state index in [4.69, 9.17) is 9.47 Å². The summed E-state index contributed by atoms with van der Waals surface area (Å²) in [7, 11) is 1.30. The Balaban J connectivity index is 1.55. The van der Waals surface area contributed by atoms with E-state index in [9.17, 15) is 19.7 Å². The van der Waals surface area contributed by atoms with Crippen molar-refractivity contribution in [1.29, 1.82) is 0 Å². The Kier molecular flexibility index (Phi) is 6.11. The molecule has 1 N–H and O–H groups in total. The number of nitro benzene ring substituents is 1. The van der Waals surface area contributed by atoms with Crippen LogP contribution in [0.1, 0.15) is 35.2 Å². The first-order valence-electron chi connectivity index (χ1n) is 9.27. The van der Waals surface area contributed by atoms with E-state index in [2.05, 4.69) is 17.4 Å². The first-order chi connectivity index (χ1) is 13.9. The summed E-state index contributed by atoms with van der Waals surface area (Å²) in [5.74, 6) is -1.19. The van der Waals surface area contributed by atoms with Crippen LogP contribution in [0.4, 0.5) is 5.69 Å². The van der Waals surface area contributed by atoms with Gasteiger partial charge in [0.15, 0.2) is 12.4 Å². The van der Waals surface area contributed by atoms with Crippen molar-refractivity contribution in [2.45, 2.75) is 24.7 Å². The lowest BCUT2D eigenvalue weighted by atomic mass is 9.64. The van der Waals surface area contributed by atoms with E-state index in [1.807, 2.05) is 18.2 Å². The van der Waals surface area contributed by atoms with Gasteiger partial charge in [-0.2, -0.15) is 0 Å². The molecule has 1 amide bonds. The molecule has 3 rings (SSSR count). The molecule has 0 radical (unpaired) electrons. The number of nitro groups is 1. The van der Waals surface area contributed by atoms with Gasteiger partial charge >= 0.3 is 11.7 Å². The number of nitrogens with one attached hydrogen (secondary N) is 1. The molecule has 2 aromatic carbocycles. The van der Waals surface area contributed by atoms with Gasteiger partial charge in [-0.15, -0.1) is 0 Å². The van der Waals surface area contributed by atoms with E-state index in [1.54, 1.807) is 0 Å². The smallest absolute Gasteiger partial charge is 0.338 e. The molecule has 1 aliphatic rings. The van der Waals surface area contributed by atoms with E-state index < -0.39 is 23.4 Å². The zero-order valence-electron chi connectivity index (χ0n) is 16.1. The maximum Gasteiger partial charge on any atom is 0.338 e. The zero-order valence-corrected chi connectivity index (χ0v) is 16.1. The van der Waals surface area contributed by atoms with E-state index in [0.29, 0.717) is 6.54 Å². The van der Waals surface area contributed by atoms with Crippen molar-refractivity contribution in [2.24, 2.45) is 0 Å². The minimum absolute atomic E-state index is 0.0231. The number of nitrogens with zero attached hydrogens (tertiary/aromatic N) is 1. The third-order valence-electron chi connectivity index (χ3n) is 5.27. The standard InChI is InChI=1S/C21H22N2O6/c1-28-18-9-8-15(12-17(18)23(26)27)20(25)29-13-19(24)22-14-21(10-5-11-21)16-6-3-2-4-7-16/h2-4,6-9,12H,5,10-11,13-14H2,1H3,(H,22,24). The second kappa shape index (κ2) is 8.72. The number of hydrogen-bond acceptors (Lipinski definition) is 6. The fraction of sp³-hybridized carbons (Fsp3) is 0.333. The van der Waals surface area contributed by atoms with Gasteiger partial charge in [0.25, 0.3) is 5.91 Å². The lowest BCUT2D eigenvalue weighted by molar-refractivity contribution is -0.385. The van der Waals surface area contributed by atoms with E-state index in [1.165, 1.54) is 24.8 Å². The quantitative estimate of drug-likeness (QED) is 0.416. The average Bonchev–Trinajstić information content (AvgIpc) is 2.71. The minimum atomic E-state index is -0.813. The van der Waals surface area contributed by atoms with Crippen molar-refractivity contribution < 1.29 is 24.0 Å². The number of rotatable bonds is 8. The number of methoxy groups -OCH3 is 1. The predicted molar refractivity (Wildman–Crippen MR) is 105 cm³/mol. The van der Waals surface area contributed by atoms with Crippen molar-refractivity contribution >= 4 is 17.6 Å². The molecule has 0 aromatic heterocycles. The molecule has 152 valence electrons. The Bertz CT molecular complexity index is 909. The summed E-state index contributed by atoms with van der Waals surface area (Å²) in [5, 5.41) is 13.9. The molecule has 8 heteroatoms. The van der Waals surface area contributed by atoms with Gasteiger partial charge in [0.2, 0.25) is 0 Å². The SMILES string of the molecule is COc1ccc(C(=O)OCC(=O)NCC2(c3ccccc3)CCC2)cc1[N+](=O)[O-]. The predicted octanol–water partition coefficient (Wildman–Crippen LogP) is 3.00. The van der Waals surface area contributed by atoms with Crippen LogP contribution in [0.15, 0.2) is 48.5 Å². The number of carbonyl (C=O) groups excluding carboxylic acids is 2. The van der Waals surface area contributed by atoms with Crippen LogP contribution < -0.4 is 10.1 Å². The molecule has 1 aliphatic carbocycles. The number of amides is 1. The largest absolute Gasteiger partial charge is 0.490 e. The van der Waals surface area contributed by atoms with Crippen LogP contribution in [0.2, 0.25) is 0 Å². The van der Waals surface area contributed by atoms with Gasteiger partial charge in [0.1, 0.15) is 0 Å². The number of benzene rings is 2. The van der Waals surface area contributed by atoms with Crippen LogP contribution in [0.5, 0.6) is 5.75 Å². The molecule has 0 heterocycles. The summed E-state index contributed by atoms with van der Waals surface area (Å²) in [4.78, 5) is 34.7. The van der Waals surface area contributed by atoms with Crippen LogP contribution in [0, 0.1) is 10.1 Å². The van der Waals surface area contributed by atoms with Crippen LogP contribution in [-0.2, 0) is 14.9 Å². The maximum atomic E-state index is 12.2. The zero-order chi connectivity index (χ0) is 20.9. The summed E-state index contributed by atoms with van der Waals surface area (Å²) >= 11 is 0. The maximum absolute atomic E-state index is 12.2. The first kappa shape index (κ1) is 20.3. The van der Waals surface area contributed by atoms with Gasteiger partial charge in [-0.1, -0.05) is 36.8 Å². The Labute approximate surface area is 168 Å². The molecule has 0 bridgehead atoms. The van der Waals surface area contributed by atoms with E-state index >= 15 is 0 Å². The van der Waals surface area contributed by atoms with Crippen molar-refractivity contribution in [3.63, 3.8) is 0 Å². The van der Waals surface area contributed by atoms with Crippen LogP contribution in [0.25, 0.3) is 0 Å². The lowest BCUT2D eigenvalue weighted by Gasteiger charge is -2.42. The molecular weight excluding hydrogens is 376 g/mol. The molecule has 2 aromatic rings. The lowest BCUT2D eigenvalue weighted by Crippen LogP contribution is -2.46. The van der Waals surface area contributed by atoms with Crippen LogP contribution >= 0.6 is 0 Å². The number of hydrogen-bond donors (Lipinski definition) is 1. The third kappa shape index (κ3) is 4.53. The molecular formula is C21H22N2O6. The Morgan fingerprint density at radius 3 is 2.48 bits per heavy atom. The Morgan fingerprint density at radius 2 is 1.90 bits per heavy atom. The van der Waals surface area contributed by atoms with Gasteiger partial charge in [0, 0.05) is 18.0 Å². The highest BCUT2D eigenvalue weighted by Gasteiger charge is 2.38. The van der Waals surface area contributed by atoms with Gasteiger partial charge < -0.3 is 14.8 Å². The van der Waals surface area contributed by atoms with Crippen molar-refractivity contribution in [3.05, 3.63) is 69.8 Å². The van der Waals surface area contributed by atoms with E-state index in [-0.39, 0.29) is 22.4 Å². The number of carbonyl (C=O) groups is 2. The molecule has 0 aliphatic heterocycles. The second-order valence-corrected chi connectivity index (χ2v) is 7.00. The van der Waals surface area contributed by atoms with Crippen molar-refractivity contribution in [2.75, 3.05) is 20.3 Å². The summed E-state index contributed by atoms with van der Waals surface area (Å²) in [6.07, 6.45) is 3.09. The first-order valence-corrected chi connectivity index (χ1v) is 9.27. The highest BCUT2D eigenvalue weighted by Crippen LogP contribution is 2.43. The topological polar surface area (TPSA) is 108 Å². The molecule has 1 fully saturated rings. The summed E-state index contributed by atoms with van der Waals surface area (Å²) in [5.41, 5.74) is 0.748. The fourth-order valence-electron chi connectivity index (χ4n) is 3.46. The van der Waals surface area contributed by atoms with Crippen molar-refractivity contribution in [1.82, 2.24) is 5.32 Å². The second-order valence-electron chi connectivity index (χ2n) is 7.00. The fourth-order valence-corrected chi connectivity index (χ4v) is 3.46. The molecule has 8 nitrogen and oxygen atoms in total. The molecule has 29 heavy (non-hydrogen) atoms. The summed E-state index contributed by atoms with van der Waals surface area (Å²) in [6.45, 7) is 0.0188. The molecule has 0 atom stereocenters. The van der Waals surface area contributed by atoms with Crippen LogP contribution in [0.3, 0.4) is 0 Å². The third-order valence-corrected chi connectivity index (χ3v) is 5.27. The average molecular weight is 398 g/mol.